The Labute approximate surface area is 123 Å². The number of hydrogen-bond acceptors (Lipinski definition) is 5. The minimum atomic E-state index is 0.485. The summed E-state index contributed by atoms with van der Waals surface area (Å²) < 4.78 is 5.45. The topological polar surface area (TPSA) is 101 Å². The Morgan fingerprint density at radius 2 is 2.48 bits per heavy atom. The molecule has 1 saturated heterocycles. The van der Waals surface area contributed by atoms with Gasteiger partial charge in [-0.25, -0.2) is 9.97 Å². The molecule has 1 aliphatic rings. The number of imidazole rings is 1. The van der Waals surface area contributed by atoms with Gasteiger partial charge in [0.2, 0.25) is 0 Å². The number of nitrogens with zero attached hydrogens (tertiary/aromatic N) is 3. The highest BCUT2D eigenvalue weighted by Gasteiger charge is 2.13. The van der Waals surface area contributed by atoms with Crippen LogP contribution in [0.4, 0.5) is 0 Å². The number of fused-ring (bicyclic) bond motifs is 1. The molecule has 0 bridgehead atoms. The molecule has 7 nitrogen and oxygen atoms in total. The standard InChI is InChI=1S/C14H20N6O/c15-13(11-3-4-17-14-12(11)18-9-20-14)19-8-16-6-10-2-1-5-21-7-10/h3-4,9-10,16H,1-2,5-8H2,(H2,15,19)(H,17,18,20). The van der Waals surface area contributed by atoms with Crippen molar-refractivity contribution in [2.75, 3.05) is 26.4 Å². The Bertz CT molecular complexity index is 617. The van der Waals surface area contributed by atoms with E-state index in [0.29, 0.717) is 24.1 Å². The van der Waals surface area contributed by atoms with Crippen LogP contribution in [0.3, 0.4) is 0 Å². The molecule has 4 N–H and O–H groups in total. The van der Waals surface area contributed by atoms with Gasteiger partial charge in [0.1, 0.15) is 5.84 Å². The second-order valence-corrected chi connectivity index (χ2v) is 5.20. The number of nitrogens with two attached hydrogens (primary N) is 1. The summed E-state index contributed by atoms with van der Waals surface area (Å²) in [5.74, 6) is 1.06. The monoisotopic (exact) mass is 288 g/mol. The molecule has 0 spiro atoms. The van der Waals surface area contributed by atoms with E-state index in [0.717, 1.165) is 37.3 Å². The van der Waals surface area contributed by atoms with E-state index in [9.17, 15) is 0 Å². The van der Waals surface area contributed by atoms with Gasteiger partial charge >= 0.3 is 0 Å². The van der Waals surface area contributed by atoms with E-state index in [1.54, 1.807) is 12.5 Å². The number of H-pyrrole nitrogens is 1. The second kappa shape index (κ2) is 6.64. The molecule has 0 saturated carbocycles. The molecular formula is C14H20N6O. The Kier molecular flexibility index (Phi) is 4.42. The average molecular weight is 288 g/mol. The van der Waals surface area contributed by atoms with E-state index in [4.69, 9.17) is 10.5 Å². The molecule has 21 heavy (non-hydrogen) atoms. The third-order valence-electron chi connectivity index (χ3n) is 3.65. The van der Waals surface area contributed by atoms with E-state index in [1.807, 2.05) is 6.07 Å². The minimum absolute atomic E-state index is 0.485. The number of aromatic nitrogens is 3. The van der Waals surface area contributed by atoms with Crippen molar-refractivity contribution in [3.63, 3.8) is 0 Å². The van der Waals surface area contributed by atoms with Gasteiger partial charge in [0.25, 0.3) is 0 Å². The Balaban J connectivity index is 1.57. The molecule has 2 aromatic rings. The molecule has 0 amide bonds. The Hall–Kier alpha value is -1.99. The van der Waals surface area contributed by atoms with E-state index in [2.05, 4.69) is 25.3 Å². The van der Waals surface area contributed by atoms with Gasteiger partial charge in [-0.2, -0.15) is 0 Å². The highest BCUT2D eigenvalue weighted by molar-refractivity contribution is 6.06. The molecule has 0 aromatic carbocycles. The van der Waals surface area contributed by atoms with Crippen LogP contribution in [0.1, 0.15) is 18.4 Å². The summed E-state index contributed by atoms with van der Waals surface area (Å²) in [6.45, 7) is 3.14. The van der Waals surface area contributed by atoms with Gasteiger partial charge in [0.15, 0.2) is 5.65 Å². The van der Waals surface area contributed by atoms with Crippen LogP contribution in [0.25, 0.3) is 11.2 Å². The van der Waals surface area contributed by atoms with Crippen LogP contribution in [-0.2, 0) is 4.74 Å². The molecule has 7 heteroatoms. The zero-order valence-corrected chi connectivity index (χ0v) is 11.9. The molecular weight excluding hydrogens is 268 g/mol. The fourth-order valence-corrected chi connectivity index (χ4v) is 2.53. The van der Waals surface area contributed by atoms with Crippen LogP contribution in [0.15, 0.2) is 23.6 Å². The van der Waals surface area contributed by atoms with E-state index in [-0.39, 0.29) is 0 Å². The maximum atomic E-state index is 6.05. The van der Waals surface area contributed by atoms with Crippen LogP contribution >= 0.6 is 0 Å². The van der Waals surface area contributed by atoms with E-state index >= 15 is 0 Å². The SMILES string of the molecule is NC(=NCNCC1CCCOC1)c1ccnc2nc[nH]c12. The van der Waals surface area contributed by atoms with E-state index < -0.39 is 0 Å². The van der Waals surface area contributed by atoms with Gasteiger partial charge < -0.3 is 15.5 Å². The van der Waals surface area contributed by atoms with E-state index in [1.165, 1.54) is 6.42 Å². The fourth-order valence-electron chi connectivity index (χ4n) is 2.53. The van der Waals surface area contributed by atoms with Crippen molar-refractivity contribution < 1.29 is 4.74 Å². The molecule has 2 aromatic heterocycles. The van der Waals surface area contributed by atoms with Crippen LogP contribution in [0, 0.1) is 5.92 Å². The normalized spacial score (nSPS) is 20.0. The van der Waals surface area contributed by atoms with Crippen LogP contribution in [0.2, 0.25) is 0 Å². The zero-order chi connectivity index (χ0) is 14.5. The first-order chi connectivity index (χ1) is 10.3. The first-order valence-corrected chi connectivity index (χ1v) is 7.21. The number of aliphatic imine (C=N–C) groups is 1. The Morgan fingerprint density at radius 1 is 1.52 bits per heavy atom. The predicted octanol–water partition coefficient (Wildman–Crippen LogP) is 0.637. The summed E-state index contributed by atoms with van der Waals surface area (Å²) in [4.78, 5) is 15.7. The van der Waals surface area contributed by atoms with Gasteiger partial charge in [-0.3, -0.25) is 10.3 Å². The maximum absolute atomic E-state index is 6.05. The summed E-state index contributed by atoms with van der Waals surface area (Å²) in [5, 5.41) is 3.31. The second-order valence-electron chi connectivity index (χ2n) is 5.20. The van der Waals surface area contributed by atoms with Gasteiger partial charge in [0, 0.05) is 24.9 Å². The first kappa shape index (κ1) is 14.0. The van der Waals surface area contributed by atoms with Crippen molar-refractivity contribution in [1.82, 2.24) is 20.3 Å². The van der Waals surface area contributed by atoms with Crippen LogP contribution in [-0.4, -0.2) is 47.2 Å². The fraction of sp³-hybridized carbons (Fsp3) is 0.500. The molecule has 0 aliphatic carbocycles. The van der Waals surface area contributed by atoms with Crippen molar-refractivity contribution >= 4 is 17.0 Å². The highest BCUT2D eigenvalue weighted by Crippen LogP contribution is 2.12. The number of nitrogens with one attached hydrogen (secondary N) is 2. The number of ether oxygens (including phenoxy) is 1. The van der Waals surface area contributed by atoms with Gasteiger partial charge in [0.05, 0.1) is 25.1 Å². The number of hydrogen-bond donors (Lipinski definition) is 3. The summed E-state index contributed by atoms with van der Waals surface area (Å²) in [5.41, 5.74) is 8.35. The zero-order valence-electron chi connectivity index (χ0n) is 11.9. The summed E-state index contributed by atoms with van der Waals surface area (Å²) >= 11 is 0. The van der Waals surface area contributed by atoms with Crippen molar-refractivity contribution in [1.29, 1.82) is 0 Å². The number of pyridine rings is 1. The highest BCUT2D eigenvalue weighted by atomic mass is 16.5. The lowest BCUT2D eigenvalue weighted by atomic mass is 10.0. The summed E-state index contributed by atoms with van der Waals surface area (Å²) in [6, 6.07) is 1.84. The van der Waals surface area contributed by atoms with Crippen LogP contribution in [0.5, 0.6) is 0 Å². The molecule has 1 unspecified atom stereocenters. The van der Waals surface area contributed by atoms with Crippen molar-refractivity contribution in [3.05, 3.63) is 24.2 Å². The Morgan fingerprint density at radius 3 is 3.33 bits per heavy atom. The molecule has 3 rings (SSSR count). The third-order valence-corrected chi connectivity index (χ3v) is 3.65. The third kappa shape index (κ3) is 3.37. The molecule has 112 valence electrons. The number of aromatic amines is 1. The largest absolute Gasteiger partial charge is 0.383 e. The lowest BCUT2D eigenvalue weighted by Crippen LogP contribution is -2.30. The van der Waals surface area contributed by atoms with Crippen molar-refractivity contribution in [3.8, 4) is 0 Å². The smallest absolute Gasteiger partial charge is 0.178 e. The molecule has 1 atom stereocenters. The molecule has 1 aliphatic heterocycles. The lowest BCUT2D eigenvalue weighted by Gasteiger charge is -2.21. The quantitative estimate of drug-likeness (QED) is 0.426. The average Bonchev–Trinajstić information content (AvgIpc) is 3.01. The van der Waals surface area contributed by atoms with Crippen molar-refractivity contribution in [2.45, 2.75) is 12.8 Å². The summed E-state index contributed by atoms with van der Waals surface area (Å²) in [7, 11) is 0. The van der Waals surface area contributed by atoms with Gasteiger partial charge in [-0.1, -0.05) is 0 Å². The number of rotatable bonds is 5. The first-order valence-electron chi connectivity index (χ1n) is 7.21. The van der Waals surface area contributed by atoms with Crippen molar-refractivity contribution in [2.24, 2.45) is 16.6 Å². The minimum Gasteiger partial charge on any atom is -0.383 e. The summed E-state index contributed by atoms with van der Waals surface area (Å²) in [6.07, 6.45) is 5.65. The number of amidine groups is 1. The predicted molar refractivity (Wildman–Crippen MR) is 81.0 cm³/mol. The molecule has 0 radical (unpaired) electrons. The van der Waals surface area contributed by atoms with Gasteiger partial charge in [-0.05, 0) is 24.8 Å². The molecule has 3 heterocycles. The lowest BCUT2D eigenvalue weighted by molar-refractivity contribution is 0.0550. The van der Waals surface area contributed by atoms with Crippen LogP contribution < -0.4 is 11.1 Å². The van der Waals surface area contributed by atoms with Gasteiger partial charge in [-0.15, -0.1) is 0 Å². The molecule has 1 fully saturated rings. The maximum Gasteiger partial charge on any atom is 0.178 e.